The zero-order valence-corrected chi connectivity index (χ0v) is 14.1. The molecule has 0 radical (unpaired) electrons. The molecule has 0 spiro atoms. The third kappa shape index (κ3) is 4.30. The maximum absolute atomic E-state index is 12.1. The van der Waals surface area contributed by atoms with Crippen LogP contribution in [-0.4, -0.2) is 36.4 Å². The minimum Gasteiger partial charge on any atom is -0.437 e. The lowest BCUT2D eigenvalue weighted by atomic mass is 9.94. The molecule has 0 saturated carbocycles. The van der Waals surface area contributed by atoms with Gasteiger partial charge in [-0.05, 0) is 12.8 Å². The maximum Gasteiger partial charge on any atom is 0.307 e. The topological polar surface area (TPSA) is 73.6 Å². The van der Waals surface area contributed by atoms with Gasteiger partial charge in [-0.2, -0.15) is 0 Å². The maximum atomic E-state index is 12.1. The number of nitrogens with one attached hydrogen (secondary N) is 1. The van der Waals surface area contributed by atoms with Crippen molar-refractivity contribution in [1.29, 1.82) is 0 Å². The van der Waals surface area contributed by atoms with Gasteiger partial charge in [0.15, 0.2) is 5.79 Å². The molecule has 0 aromatic carbocycles. The summed E-state index contributed by atoms with van der Waals surface area (Å²) in [6.07, 6.45) is 2.34. The quantitative estimate of drug-likeness (QED) is 0.904. The van der Waals surface area contributed by atoms with Crippen molar-refractivity contribution in [3.8, 4) is 0 Å². The number of hydrogen-bond donors (Lipinski definition) is 1. The van der Waals surface area contributed by atoms with Crippen LogP contribution in [0.2, 0.25) is 0 Å². The van der Waals surface area contributed by atoms with Crippen molar-refractivity contribution in [1.82, 2.24) is 10.3 Å². The fourth-order valence-electron chi connectivity index (χ4n) is 2.45. The first-order valence-corrected chi connectivity index (χ1v) is 7.72. The van der Waals surface area contributed by atoms with Crippen LogP contribution < -0.4 is 5.32 Å². The number of amides is 1. The Morgan fingerprint density at radius 1 is 1.41 bits per heavy atom. The molecule has 1 fully saturated rings. The third-order valence-electron chi connectivity index (χ3n) is 3.67. The van der Waals surface area contributed by atoms with Crippen LogP contribution in [0, 0.1) is 5.92 Å². The lowest BCUT2D eigenvalue weighted by Gasteiger charge is -2.25. The molecule has 22 heavy (non-hydrogen) atoms. The largest absolute Gasteiger partial charge is 0.437 e. The van der Waals surface area contributed by atoms with Crippen LogP contribution in [0.15, 0.2) is 10.6 Å². The summed E-state index contributed by atoms with van der Waals surface area (Å²) in [6.45, 7) is 11.8. The van der Waals surface area contributed by atoms with E-state index in [-0.39, 0.29) is 23.1 Å². The number of carbonyl (C=O) groups excluding carboxylic acids is 1. The summed E-state index contributed by atoms with van der Waals surface area (Å²) in [5, 5.41) is 2.85. The fraction of sp³-hybridized carbons (Fsp3) is 0.750. The highest BCUT2D eigenvalue weighted by molar-refractivity contribution is 5.89. The van der Waals surface area contributed by atoms with Gasteiger partial charge in [0, 0.05) is 18.4 Å². The van der Waals surface area contributed by atoms with Gasteiger partial charge >= 0.3 is 5.91 Å². The summed E-state index contributed by atoms with van der Waals surface area (Å²) in [6, 6.07) is 0. The number of nitrogens with zero attached hydrogens (tertiary/aromatic N) is 1. The molecule has 1 N–H and O–H groups in total. The second kappa shape index (κ2) is 6.38. The van der Waals surface area contributed by atoms with E-state index < -0.39 is 5.79 Å². The van der Waals surface area contributed by atoms with Crippen molar-refractivity contribution >= 4 is 5.91 Å². The molecule has 1 aliphatic rings. The summed E-state index contributed by atoms with van der Waals surface area (Å²) in [5.74, 6) is 0.208. The van der Waals surface area contributed by atoms with Crippen molar-refractivity contribution in [2.75, 3.05) is 19.8 Å². The van der Waals surface area contributed by atoms with Gasteiger partial charge in [0.2, 0.25) is 0 Å². The highest BCUT2D eigenvalue weighted by Crippen LogP contribution is 2.26. The van der Waals surface area contributed by atoms with Gasteiger partial charge in [0.25, 0.3) is 5.89 Å². The molecule has 1 aromatic rings. The SMILES string of the molecule is CC(CNC(=O)c1ncc(C(C)(C)C)o1)CC1(C)OCCO1. The van der Waals surface area contributed by atoms with Crippen LogP contribution in [0.1, 0.15) is 57.5 Å². The van der Waals surface area contributed by atoms with Gasteiger partial charge in [0.1, 0.15) is 5.76 Å². The van der Waals surface area contributed by atoms with Gasteiger partial charge in [-0.25, -0.2) is 4.98 Å². The molecule has 1 aliphatic heterocycles. The highest BCUT2D eigenvalue weighted by Gasteiger charge is 2.32. The summed E-state index contributed by atoms with van der Waals surface area (Å²) in [7, 11) is 0. The molecule has 1 aromatic heterocycles. The average Bonchev–Trinajstić information content (AvgIpc) is 3.04. The average molecular weight is 310 g/mol. The van der Waals surface area contributed by atoms with Crippen LogP contribution in [0.5, 0.6) is 0 Å². The lowest BCUT2D eigenvalue weighted by Crippen LogP contribution is -2.34. The number of ether oxygens (including phenoxy) is 2. The second-order valence-electron chi connectivity index (χ2n) is 7.13. The van der Waals surface area contributed by atoms with E-state index >= 15 is 0 Å². The van der Waals surface area contributed by atoms with E-state index in [0.717, 1.165) is 6.42 Å². The van der Waals surface area contributed by atoms with Crippen LogP contribution in [0.25, 0.3) is 0 Å². The predicted octanol–water partition coefficient (Wildman–Crippen LogP) is 2.49. The van der Waals surface area contributed by atoms with Gasteiger partial charge < -0.3 is 19.2 Å². The molecular weight excluding hydrogens is 284 g/mol. The number of rotatable bonds is 5. The predicted molar refractivity (Wildman–Crippen MR) is 81.6 cm³/mol. The Hall–Kier alpha value is -1.40. The molecule has 1 saturated heterocycles. The normalized spacial score (nSPS) is 19.1. The zero-order chi connectivity index (χ0) is 16.4. The molecule has 0 aliphatic carbocycles. The monoisotopic (exact) mass is 310 g/mol. The van der Waals surface area contributed by atoms with E-state index in [1.165, 1.54) is 0 Å². The Kier molecular flexibility index (Phi) is 4.92. The first kappa shape index (κ1) is 17.0. The van der Waals surface area contributed by atoms with E-state index in [9.17, 15) is 4.79 Å². The molecule has 1 amide bonds. The first-order valence-electron chi connectivity index (χ1n) is 7.72. The van der Waals surface area contributed by atoms with Gasteiger partial charge in [-0.3, -0.25) is 4.79 Å². The zero-order valence-electron chi connectivity index (χ0n) is 14.1. The molecule has 1 unspecified atom stereocenters. The Morgan fingerprint density at radius 2 is 2.05 bits per heavy atom. The van der Waals surface area contributed by atoms with Gasteiger partial charge in [0.05, 0.1) is 19.4 Å². The van der Waals surface area contributed by atoms with E-state index in [2.05, 4.69) is 10.3 Å². The molecule has 0 bridgehead atoms. The molecular formula is C16H26N2O4. The fourth-order valence-corrected chi connectivity index (χ4v) is 2.45. The Balaban J connectivity index is 1.83. The van der Waals surface area contributed by atoms with E-state index in [0.29, 0.717) is 25.5 Å². The molecule has 2 heterocycles. The number of hydrogen-bond acceptors (Lipinski definition) is 5. The number of oxazole rings is 1. The standard InChI is InChI=1S/C16H26N2O4/c1-11(8-16(5)20-6-7-21-16)9-17-13(19)14-18-10-12(22-14)15(2,3)4/h10-11H,6-9H2,1-5H3,(H,17,19). The van der Waals surface area contributed by atoms with E-state index in [1.807, 2.05) is 34.6 Å². The van der Waals surface area contributed by atoms with Crippen molar-refractivity contribution in [3.63, 3.8) is 0 Å². The van der Waals surface area contributed by atoms with E-state index in [4.69, 9.17) is 13.9 Å². The van der Waals surface area contributed by atoms with Gasteiger partial charge in [-0.15, -0.1) is 0 Å². The van der Waals surface area contributed by atoms with Crippen molar-refractivity contribution in [3.05, 3.63) is 17.8 Å². The summed E-state index contributed by atoms with van der Waals surface area (Å²) in [5.41, 5.74) is -0.162. The minimum atomic E-state index is -0.535. The third-order valence-corrected chi connectivity index (χ3v) is 3.67. The van der Waals surface area contributed by atoms with Crippen LogP contribution in [0.4, 0.5) is 0 Å². The molecule has 6 nitrogen and oxygen atoms in total. The summed E-state index contributed by atoms with van der Waals surface area (Å²) in [4.78, 5) is 16.1. The highest BCUT2D eigenvalue weighted by atomic mass is 16.7. The van der Waals surface area contributed by atoms with Gasteiger partial charge in [-0.1, -0.05) is 27.7 Å². The van der Waals surface area contributed by atoms with Crippen LogP contribution in [-0.2, 0) is 14.9 Å². The Bertz CT molecular complexity index is 512. The van der Waals surface area contributed by atoms with Crippen molar-refractivity contribution in [2.24, 2.45) is 5.92 Å². The Labute approximate surface area is 131 Å². The lowest BCUT2D eigenvalue weighted by molar-refractivity contribution is -0.153. The second-order valence-corrected chi connectivity index (χ2v) is 7.13. The Morgan fingerprint density at radius 3 is 2.59 bits per heavy atom. The first-order chi connectivity index (χ1) is 10.2. The van der Waals surface area contributed by atoms with Crippen LogP contribution >= 0.6 is 0 Å². The molecule has 124 valence electrons. The minimum absolute atomic E-state index is 0.108. The molecule has 1 atom stereocenters. The molecule has 6 heteroatoms. The summed E-state index contributed by atoms with van der Waals surface area (Å²) >= 11 is 0. The van der Waals surface area contributed by atoms with E-state index in [1.54, 1.807) is 6.20 Å². The van der Waals surface area contributed by atoms with Crippen LogP contribution in [0.3, 0.4) is 0 Å². The molecule has 2 rings (SSSR count). The summed E-state index contributed by atoms with van der Waals surface area (Å²) < 4.78 is 16.7. The smallest absolute Gasteiger partial charge is 0.307 e. The van der Waals surface area contributed by atoms with Crippen molar-refractivity contribution < 1.29 is 18.7 Å². The number of carbonyl (C=O) groups is 1. The number of aromatic nitrogens is 1. The van der Waals surface area contributed by atoms with Crippen molar-refractivity contribution in [2.45, 2.75) is 52.2 Å².